The molecule has 0 saturated heterocycles. The van der Waals surface area contributed by atoms with Crippen LogP contribution in [0.5, 0.6) is 0 Å². The Bertz CT molecular complexity index is 1070. The Kier molecular flexibility index (Phi) is 7.82. The summed E-state index contributed by atoms with van der Waals surface area (Å²) in [4.78, 5) is 25.5. The van der Waals surface area contributed by atoms with Gasteiger partial charge in [-0.25, -0.2) is 0 Å². The fraction of sp³-hybridized carbons (Fsp3) is 0.346. The zero-order valence-electron chi connectivity index (χ0n) is 19.3. The van der Waals surface area contributed by atoms with Gasteiger partial charge in [0.05, 0.1) is 23.4 Å². The third-order valence-electron chi connectivity index (χ3n) is 5.39. The van der Waals surface area contributed by atoms with Gasteiger partial charge >= 0.3 is 0 Å². The van der Waals surface area contributed by atoms with Crippen LogP contribution >= 0.6 is 0 Å². The van der Waals surface area contributed by atoms with E-state index in [1.165, 1.54) is 0 Å². The predicted octanol–water partition coefficient (Wildman–Crippen LogP) is 4.31. The molecule has 168 valence electrons. The smallest absolute Gasteiger partial charge is 0.253 e. The summed E-state index contributed by atoms with van der Waals surface area (Å²) in [7, 11) is 0. The average molecular weight is 433 g/mol. The van der Waals surface area contributed by atoms with E-state index >= 15 is 0 Å². The minimum Gasteiger partial charge on any atom is -0.352 e. The maximum Gasteiger partial charge on any atom is 0.253 e. The van der Waals surface area contributed by atoms with Gasteiger partial charge in [-0.3, -0.25) is 14.3 Å². The first-order valence-electron chi connectivity index (χ1n) is 11.1. The number of carbonyl (C=O) groups excluding carboxylic acids is 2. The van der Waals surface area contributed by atoms with Crippen molar-refractivity contribution in [1.29, 1.82) is 0 Å². The van der Waals surface area contributed by atoms with Crippen molar-refractivity contribution >= 4 is 17.5 Å². The molecular weight excluding hydrogens is 400 g/mol. The van der Waals surface area contributed by atoms with Crippen LogP contribution in [0, 0.1) is 19.8 Å². The normalized spacial score (nSPS) is 10.9. The molecule has 0 saturated carbocycles. The zero-order chi connectivity index (χ0) is 23.1. The van der Waals surface area contributed by atoms with Gasteiger partial charge in [0.25, 0.3) is 5.91 Å². The number of hydrogen-bond donors (Lipinski definition) is 2. The molecule has 2 amide bonds. The van der Waals surface area contributed by atoms with E-state index < -0.39 is 0 Å². The molecule has 3 aromatic rings. The topological polar surface area (TPSA) is 76.0 Å². The lowest BCUT2D eigenvalue weighted by molar-refractivity contribution is -0.115. The molecule has 0 radical (unpaired) electrons. The van der Waals surface area contributed by atoms with Crippen molar-refractivity contribution in [3.63, 3.8) is 0 Å². The summed E-state index contributed by atoms with van der Waals surface area (Å²) in [5, 5.41) is 10.5. The monoisotopic (exact) mass is 432 g/mol. The van der Waals surface area contributed by atoms with Crippen molar-refractivity contribution in [3.8, 4) is 0 Å². The van der Waals surface area contributed by atoms with Gasteiger partial charge in [0.15, 0.2) is 0 Å². The molecular formula is C26H32N4O2. The number of carbonyl (C=O) groups is 2. The molecule has 6 heteroatoms. The Morgan fingerprint density at radius 3 is 2.41 bits per heavy atom. The molecule has 1 aromatic heterocycles. The molecule has 0 aliphatic carbocycles. The first-order chi connectivity index (χ1) is 15.3. The number of benzene rings is 2. The molecule has 2 aromatic carbocycles. The van der Waals surface area contributed by atoms with Crippen molar-refractivity contribution in [3.05, 3.63) is 82.7 Å². The zero-order valence-corrected chi connectivity index (χ0v) is 19.3. The molecule has 0 aliphatic heterocycles. The minimum atomic E-state index is -0.200. The molecule has 0 aliphatic rings. The van der Waals surface area contributed by atoms with Crippen molar-refractivity contribution in [2.24, 2.45) is 5.92 Å². The highest BCUT2D eigenvalue weighted by atomic mass is 16.2. The van der Waals surface area contributed by atoms with Crippen LogP contribution < -0.4 is 10.6 Å². The molecule has 0 atom stereocenters. The molecule has 0 bridgehead atoms. The van der Waals surface area contributed by atoms with Crippen molar-refractivity contribution in [2.75, 3.05) is 11.9 Å². The van der Waals surface area contributed by atoms with Gasteiger partial charge in [-0.1, -0.05) is 56.3 Å². The highest BCUT2D eigenvalue weighted by Crippen LogP contribution is 2.19. The summed E-state index contributed by atoms with van der Waals surface area (Å²) in [6, 6.07) is 17.1. The minimum absolute atomic E-state index is 0.162. The molecule has 0 spiro atoms. The van der Waals surface area contributed by atoms with E-state index in [0.29, 0.717) is 23.7 Å². The molecule has 0 fully saturated rings. The Hall–Kier alpha value is -3.41. The van der Waals surface area contributed by atoms with Gasteiger partial charge in [0.1, 0.15) is 0 Å². The third kappa shape index (κ3) is 6.06. The van der Waals surface area contributed by atoms with E-state index in [4.69, 9.17) is 0 Å². The summed E-state index contributed by atoms with van der Waals surface area (Å²) >= 11 is 0. The number of rotatable bonds is 9. The molecule has 2 N–H and O–H groups in total. The van der Waals surface area contributed by atoms with Crippen LogP contribution in [-0.4, -0.2) is 28.1 Å². The second kappa shape index (κ2) is 10.8. The van der Waals surface area contributed by atoms with Crippen LogP contribution in [0.1, 0.15) is 46.7 Å². The fourth-order valence-corrected chi connectivity index (χ4v) is 3.72. The lowest BCUT2D eigenvalue weighted by Crippen LogP contribution is -2.27. The van der Waals surface area contributed by atoms with Crippen LogP contribution in [-0.2, 0) is 24.2 Å². The number of amides is 2. The number of para-hydroxylation sites is 1. The highest BCUT2D eigenvalue weighted by Gasteiger charge is 2.18. The quantitative estimate of drug-likeness (QED) is 0.529. The van der Waals surface area contributed by atoms with E-state index in [-0.39, 0.29) is 18.2 Å². The number of nitrogens with one attached hydrogen (secondary N) is 2. The van der Waals surface area contributed by atoms with Crippen LogP contribution in [0.4, 0.5) is 5.69 Å². The molecule has 6 nitrogen and oxygen atoms in total. The first-order valence-corrected chi connectivity index (χ1v) is 11.1. The van der Waals surface area contributed by atoms with E-state index in [9.17, 15) is 9.59 Å². The van der Waals surface area contributed by atoms with Gasteiger partial charge < -0.3 is 10.6 Å². The van der Waals surface area contributed by atoms with Crippen LogP contribution in [0.15, 0.2) is 54.6 Å². The van der Waals surface area contributed by atoms with Gasteiger partial charge in [0.2, 0.25) is 5.91 Å². The largest absolute Gasteiger partial charge is 0.352 e. The van der Waals surface area contributed by atoms with Gasteiger partial charge in [0, 0.05) is 24.3 Å². The highest BCUT2D eigenvalue weighted by molar-refractivity contribution is 6.04. The standard InChI is InChI=1S/C26H32N4O2/c1-18(2)17-30-20(4)23(19(3)29-30)16-25(31)28-24-13-9-8-12-22(24)26(32)27-15-14-21-10-6-5-7-11-21/h5-13,18H,14-17H2,1-4H3,(H,27,32)(H,28,31). The SMILES string of the molecule is Cc1nn(CC(C)C)c(C)c1CC(=O)Nc1ccccc1C(=O)NCCc1ccccc1. The van der Waals surface area contributed by atoms with E-state index in [1.54, 1.807) is 18.2 Å². The molecule has 3 rings (SSSR count). The molecule has 0 unspecified atom stereocenters. The third-order valence-corrected chi connectivity index (χ3v) is 5.39. The van der Waals surface area contributed by atoms with Crippen LogP contribution in [0.25, 0.3) is 0 Å². The Balaban J connectivity index is 1.64. The maximum absolute atomic E-state index is 12.8. The van der Waals surface area contributed by atoms with Crippen LogP contribution in [0.3, 0.4) is 0 Å². The van der Waals surface area contributed by atoms with Gasteiger partial charge in [-0.2, -0.15) is 5.10 Å². The molecule has 32 heavy (non-hydrogen) atoms. The number of nitrogens with zero attached hydrogens (tertiary/aromatic N) is 2. The molecule has 1 heterocycles. The lowest BCUT2D eigenvalue weighted by Gasteiger charge is -2.12. The summed E-state index contributed by atoms with van der Waals surface area (Å²) in [6.45, 7) is 9.56. The first kappa shape index (κ1) is 23.3. The van der Waals surface area contributed by atoms with E-state index in [1.807, 2.05) is 54.9 Å². The predicted molar refractivity (Wildman–Crippen MR) is 128 cm³/mol. The number of anilines is 1. The summed E-state index contributed by atoms with van der Waals surface area (Å²) in [5.41, 5.74) is 4.95. The maximum atomic E-state index is 12.8. The lowest BCUT2D eigenvalue weighted by atomic mass is 10.1. The Labute approximate surface area is 190 Å². The van der Waals surface area contributed by atoms with Crippen molar-refractivity contribution < 1.29 is 9.59 Å². The second-order valence-electron chi connectivity index (χ2n) is 8.49. The van der Waals surface area contributed by atoms with Gasteiger partial charge in [-0.15, -0.1) is 0 Å². The fourth-order valence-electron chi connectivity index (χ4n) is 3.72. The van der Waals surface area contributed by atoms with Crippen LogP contribution in [0.2, 0.25) is 0 Å². The second-order valence-corrected chi connectivity index (χ2v) is 8.49. The number of hydrogen-bond acceptors (Lipinski definition) is 3. The average Bonchev–Trinajstić information content (AvgIpc) is 3.01. The van der Waals surface area contributed by atoms with Crippen molar-refractivity contribution in [1.82, 2.24) is 15.1 Å². The summed E-state index contributed by atoms with van der Waals surface area (Å²) in [5.74, 6) is 0.112. The van der Waals surface area contributed by atoms with Crippen molar-refractivity contribution in [2.45, 2.75) is 47.1 Å². The number of aromatic nitrogens is 2. The Morgan fingerprint density at radius 1 is 1.00 bits per heavy atom. The number of aryl methyl sites for hydroxylation is 1. The van der Waals surface area contributed by atoms with E-state index in [0.717, 1.165) is 35.5 Å². The van der Waals surface area contributed by atoms with E-state index in [2.05, 4.69) is 29.6 Å². The summed E-state index contributed by atoms with van der Waals surface area (Å²) in [6.07, 6.45) is 0.972. The summed E-state index contributed by atoms with van der Waals surface area (Å²) < 4.78 is 1.97. The Morgan fingerprint density at radius 2 is 1.69 bits per heavy atom. The van der Waals surface area contributed by atoms with Gasteiger partial charge in [-0.05, 0) is 43.9 Å².